The van der Waals surface area contributed by atoms with Gasteiger partial charge in [-0.05, 0) is 57.6 Å². The van der Waals surface area contributed by atoms with Gasteiger partial charge in [0.15, 0.2) is 0 Å². The van der Waals surface area contributed by atoms with Crippen LogP contribution in [0.25, 0.3) is 0 Å². The average Bonchev–Trinajstić information content (AvgIpc) is 3.46. The summed E-state index contributed by atoms with van der Waals surface area (Å²) >= 11 is 5.94. The van der Waals surface area contributed by atoms with Gasteiger partial charge in [-0.3, -0.25) is 4.79 Å². The molecule has 0 N–H and O–H groups in total. The van der Waals surface area contributed by atoms with E-state index in [0.29, 0.717) is 44.1 Å². The maximum atomic E-state index is 13.8. The van der Waals surface area contributed by atoms with E-state index in [1.165, 1.54) is 57.3 Å². The molecule has 2 fully saturated rings. The first-order valence-corrected chi connectivity index (χ1v) is 14.2. The fourth-order valence-electron chi connectivity index (χ4n) is 5.61. The van der Waals surface area contributed by atoms with Crippen molar-refractivity contribution >= 4 is 29.0 Å². The third-order valence-electron chi connectivity index (χ3n) is 7.72. The molecule has 1 unspecified atom stereocenters. The van der Waals surface area contributed by atoms with E-state index in [-0.39, 0.29) is 41.6 Å². The number of amides is 1. The summed E-state index contributed by atoms with van der Waals surface area (Å²) in [5.41, 5.74) is 0.476. The number of piperazine rings is 1. The average molecular weight is 606 g/mol. The Balaban J connectivity index is 0.000000600. The number of benzene rings is 1. The van der Waals surface area contributed by atoms with Gasteiger partial charge in [0.05, 0.1) is 54.2 Å². The maximum absolute atomic E-state index is 13.8. The van der Waals surface area contributed by atoms with Crippen LogP contribution < -0.4 is 14.5 Å². The number of methoxy groups -OCH3 is 1. The number of carbonyl (C=O) groups excluding carboxylic acids is 1. The predicted molar refractivity (Wildman–Crippen MR) is 155 cm³/mol. The fourth-order valence-corrected chi connectivity index (χ4v) is 5.89. The van der Waals surface area contributed by atoms with Crippen LogP contribution in [0.5, 0.6) is 6.01 Å². The minimum absolute atomic E-state index is 0.00887. The number of carbonyl (C=O) groups is 1. The number of nitrogens with zero attached hydrogens (tertiary/aromatic N) is 7. The van der Waals surface area contributed by atoms with E-state index >= 15 is 0 Å². The summed E-state index contributed by atoms with van der Waals surface area (Å²) in [4.78, 5) is 28.8. The molecule has 226 valence electrons. The van der Waals surface area contributed by atoms with Crippen LogP contribution in [-0.2, 0) is 23.9 Å². The second-order valence-corrected chi connectivity index (χ2v) is 10.9. The second-order valence-electron chi connectivity index (χ2n) is 10.5. The molecule has 5 rings (SSSR count). The van der Waals surface area contributed by atoms with Gasteiger partial charge in [-0.2, -0.15) is 28.4 Å². The number of hydrogen-bond acceptors (Lipinski definition) is 8. The highest BCUT2D eigenvalue weighted by Crippen LogP contribution is 2.43. The number of aromatic nitrogens is 2. The van der Waals surface area contributed by atoms with Crippen LogP contribution in [0.15, 0.2) is 30.9 Å². The van der Waals surface area contributed by atoms with E-state index in [0.717, 1.165) is 5.56 Å². The Bertz CT molecular complexity index is 1330. The van der Waals surface area contributed by atoms with E-state index in [1.807, 2.05) is 4.90 Å². The molecule has 1 aromatic heterocycles. The molecule has 42 heavy (non-hydrogen) atoms. The van der Waals surface area contributed by atoms with Crippen molar-refractivity contribution < 1.29 is 22.7 Å². The number of hydrogen-bond donors (Lipinski definition) is 0. The van der Waals surface area contributed by atoms with Crippen LogP contribution in [0, 0.1) is 11.3 Å². The first-order valence-electron chi connectivity index (χ1n) is 13.8. The molecule has 1 amide bonds. The quantitative estimate of drug-likeness (QED) is 0.459. The molecule has 2 aromatic rings. The van der Waals surface area contributed by atoms with Gasteiger partial charge in [0, 0.05) is 31.7 Å². The lowest BCUT2D eigenvalue weighted by atomic mass is 10.0. The van der Waals surface area contributed by atoms with Gasteiger partial charge in [-0.25, -0.2) is 0 Å². The molecule has 9 nitrogen and oxygen atoms in total. The van der Waals surface area contributed by atoms with Crippen LogP contribution in [0.2, 0.25) is 5.02 Å². The minimum atomic E-state index is -4.61. The molecule has 1 atom stereocenters. The van der Waals surface area contributed by atoms with E-state index < -0.39 is 11.7 Å². The Morgan fingerprint density at radius 2 is 1.93 bits per heavy atom. The zero-order valence-corrected chi connectivity index (χ0v) is 24.6. The van der Waals surface area contributed by atoms with Gasteiger partial charge < -0.3 is 24.3 Å². The number of rotatable bonds is 5. The smallest absolute Gasteiger partial charge is 0.419 e. The van der Waals surface area contributed by atoms with E-state index in [2.05, 4.69) is 34.6 Å². The van der Waals surface area contributed by atoms with Gasteiger partial charge >= 0.3 is 12.2 Å². The van der Waals surface area contributed by atoms with Crippen molar-refractivity contribution in [3.8, 4) is 12.1 Å². The SMILES string of the molecule is C=CC(=O)N1CCN(c2nc(OC)nc3c2CCN(c2cccc(Cl)c2C(F)(F)F)C3)CC1CC#N.CN1CCCC1. The van der Waals surface area contributed by atoms with Gasteiger partial charge in [0.2, 0.25) is 5.91 Å². The van der Waals surface area contributed by atoms with E-state index in [9.17, 15) is 23.2 Å². The first-order chi connectivity index (χ1) is 20.1. The fraction of sp³-hybridized carbons (Fsp3) is 0.517. The Morgan fingerprint density at radius 3 is 2.52 bits per heavy atom. The molecule has 4 heterocycles. The monoisotopic (exact) mass is 605 g/mol. The van der Waals surface area contributed by atoms with Crippen molar-refractivity contribution in [2.45, 2.75) is 44.4 Å². The van der Waals surface area contributed by atoms with Gasteiger partial charge in [0.1, 0.15) is 5.82 Å². The number of likely N-dealkylation sites (tertiary alicyclic amines) is 1. The Kier molecular flexibility index (Phi) is 10.2. The van der Waals surface area contributed by atoms with Crippen molar-refractivity contribution in [2.24, 2.45) is 0 Å². The lowest BCUT2D eigenvalue weighted by molar-refractivity contribution is -0.137. The predicted octanol–water partition coefficient (Wildman–Crippen LogP) is 4.55. The molecule has 3 aliphatic heterocycles. The molecule has 1 aromatic carbocycles. The normalized spacial score (nSPS) is 19.0. The van der Waals surface area contributed by atoms with Crippen LogP contribution >= 0.6 is 11.6 Å². The Hall–Kier alpha value is -3.56. The summed E-state index contributed by atoms with van der Waals surface area (Å²) < 4.78 is 46.6. The summed E-state index contributed by atoms with van der Waals surface area (Å²) in [6.07, 6.45) is -0.0144. The lowest BCUT2D eigenvalue weighted by Crippen LogP contribution is -2.55. The first kappa shape index (κ1) is 31.4. The Labute approximate surface area is 249 Å². The number of fused-ring (bicyclic) bond motifs is 1. The molecule has 2 saturated heterocycles. The van der Waals surface area contributed by atoms with E-state index in [4.69, 9.17) is 16.3 Å². The molecule has 0 spiro atoms. The molecular formula is C29H35ClF3N7O2. The van der Waals surface area contributed by atoms with Crippen molar-refractivity contribution in [2.75, 3.05) is 63.2 Å². The number of halogens is 4. The number of anilines is 2. The summed E-state index contributed by atoms with van der Waals surface area (Å²) in [6.45, 7) is 7.80. The topological polar surface area (TPSA) is 88.8 Å². The summed E-state index contributed by atoms with van der Waals surface area (Å²) in [5.74, 6) is 0.363. The molecule has 0 radical (unpaired) electrons. The highest BCUT2D eigenvalue weighted by molar-refractivity contribution is 6.31. The van der Waals surface area contributed by atoms with Crippen molar-refractivity contribution in [1.29, 1.82) is 5.26 Å². The second kappa shape index (κ2) is 13.6. The lowest BCUT2D eigenvalue weighted by Gasteiger charge is -2.42. The third kappa shape index (κ3) is 7.07. The van der Waals surface area contributed by atoms with Crippen LogP contribution in [0.4, 0.5) is 24.7 Å². The summed E-state index contributed by atoms with van der Waals surface area (Å²) in [5, 5.41) is 8.93. The third-order valence-corrected chi connectivity index (χ3v) is 8.03. The van der Waals surface area contributed by atoms with Crippen LogP contribution in [0.1, 0.15) is 36.1 Å². The Morgan fingerprint density at radius 1 is 1.19 bits per heavy atom. The molecular weight excluding hydrogens is 571 g/mol. The highest BCUT2D eigenvalue weighted by Gasteiger charge is 2.39. The van der Waals surface area contributed by atoms with Gasteiger partial charge in [-0.1, -0.05) is 24.2 Å². The highest BCUT2D eigenvalue weighted by atomic mass is 35.5. The van der Waals surface area contributed by atoms with Crippen molar-refractivity contribution in [3.05, 3.63) is 52.7 Å². The molecule has 0 bridgehead atoms. The molecule has 3 aliphatic rings. The zero-order valence-electron chi connectivity index (χ0n) is 23.8. The standard InChI is InChI=1S/C24H24ClF3N6O2.C5H11N/c1-3-20(35)34-12-11-33(13-15(34)7-9-29)22-16-8-10-32(14-18(16)30-23(31-22)36-2)19-6-4-5-17(25)21(19)24(26,27)28;1-6-4-2-3-5-6/h3-6,15H,1,7-8,10-14H2,2H3;2-5H2,1H3. The molecule has 0 saturated carbocycles. The number of ether oxygens (including phenoxy) is 1. The van der Waals surface area contributed by atoms with Crippen LogP contribution in [-0.4, -0.2) is 85.1 Å². The number of alkyl halides is 3. The number of nitriles is 1. The van der Waals surface area contributed by atoms with Gasteiger partial charge in [0.25, 0.3) is 0 Å². The van der Waals surface area contributed by atoms with Gasteiger partial charge in [-0.15, -0.1) is 0 Å². The van der Waals surface area contributed by atoms with Crippen molar-refractivity contribution in [1.82, 2.24) is 19.8 Å². The molecule has 0 aliphatic carbocycles. The zero-order chi connectivity index (χ0) is 30.4. The van der Waals surface area contributed by atoms with E-state index in [1.54, 1.807) is 9.80 Å². The van der Waals surface area contributed by atoms with Crippen LogP contribution in [0.3, 0.4) is 0 Å². The summed E-state index contributed by atoms with van der Waals surface area (Å²) in [6, 6.07) is 5.99. The largest absolute Gasteiger partial charge is 0.467 e. The summed E-state index contributed by atoms with van der Waals surface area (Å²) in [7, 11) is 3.59. The maximum Gasteiger partial charge on any atom is 0.419 e. The van der Waals surface area contributed by atoms with Crippen molar-refractivity contribution in [3.63, 3.8) is 0 Å². The molecule has 13 heteroatoms. The minimum Gasteiger partial charge on any atom is -0.467 e.